The van der Waals surface area contributed by atoms with Gasteiger partial charge in [0.15, 0.2) is 0 Å². The maximum absolute atomic E-state index is 13.7. The average Bonchev–Trinajstić information content (AvgIpc) is 2.27. The summed E-state index contributed by atoms with van der Waals surface area (Å²) in [5.74, 6) is -0.144. The molecule has 0 heterocycles. The van der Waals surface area contributed by atoms with Crippen LogP contribution in [-0.2, 0) is 0 Å². The van der Waals surface area contributed by atoms with Crippen LogP contribution in [0.15, 0.2) is 24.3 Å². The van der Waals surface area contributed by atoms with Crippen LogP contribution in [-0.4, -0.2) is 26.7 Å². The quantitative estimate of drug-likeness (QED) is 0.819. The van der Waals surface area contributed by atoms with Crippen molar-refractivity contribution >= 4 is 5.69 Å². The van der Waals surface area contributed by atoms with E-state index in [4.69, 9.17) is 0 Å². The first kappa shape index (κ1) is 14.0. The Bertz CT molecular complexity index is 350. The zero-order valence-corrected chi connectivity index (χ0v) is 11.3. The molecule has 0 aliphatic carbocycles. The standard InChI is InChI=1S/C14H23FN2/c1-5-17(11-14(2,3)10-16-4)13-9-7-6-8-12(13)15/h6-9,16H,5,10-11H2,1-4H3. The lowest BCUT2D eigenvalue weighted by molar-refractivity contribution is 0.352. The predicted octanol–water partition coefficient (Wildman–Crippen LogP) is 2.90. The third-order valence-electron chi connectivity index (χ3n) is 2.85. The molecule has 0 fully saturated rings. The molecule has 17 heavy (non-hydrogen) atoms. The number of anilines is 1. The van der Waals surface area contributed by atoms with Crippen molar-refractivity contribution in [3.8, 4) is 0 Å². The molecule has 0 amide bonds. The number of hydrogen-bond donors (Lipinski definition) is 1. The summed E-state index contributed by atoms with van der Waals surface area (Å²) in [5, 5.41) is 3.18. The molecule has 0 bridgehead atoms. The van der Waals surface area contributed by atoms with E-state index in [9.17, 15) is 4.39 Å². The predicted molar refractivity (Wildman–Crippen MR) is 72.0 cm³/mol. The second-order valence-corrected chi connectivity index (χ2v) is 5.16. The first-order valence-electron chi connectivity index (χ1n) is 6.14. The molecule has 1 rings (SSSR count). The molecule has 0 aromatic heterocycles. The second-order valence-electron chi connectivity index (χ2n) is 5.16. The van der Waals surface area contributed by atoms with Gasteiger partial charge >= 0.3 is 0 Å². The summed E-state index contributed by atoms with van der Waals surface area (Å²) >= 11 is 0. The summed E-state index contributed by atoms with van der Waals surface area (Å²) in [6.45, 7) is 9.00. The number of benzene rings is 1. The zero-order chi connectivity index (χ0) is 12.9. The van der Waals surface area contributed by atoms with E-state index >= 15 is 0 Å². The number of para-hydroxylation sites is 1. The fraction of sp³-hybridized carbons (Fsp3) is 0.571. The van der Waals surface area contributed by atoms with Crippen molar-refractivity contribution in [2.75, 3.05) is 31.6 Å². The van der Waals surface area contributed by atoms with Crippen LogP contribution in [0.25, 0.3) is 0 Å². The summed E-state index contributed by atoms with van der Waals surface area (Å²) in [6, 6.07) is 6.97. The fourth-order valence-corrected chi connectivity index (χ4v) is 2.13. The van der Waals surface area contributed by atoms with E-state index in [-0.39, 0.29) is 11.2 Å². The van der Waals surface area contributed by atoms with E-state index < -0.39 is 0 Å². The lowest BCUT2D eigenvalue weighted by Crippen LogP contribution is -2.40. The summed E-state index contributed by atoms with van der Waals surface area (Å²) in [4.78, 5) is 2.09. The number of rotatable bonds is 6. The van der Waals surface area contributed by atoms with Crippen molar-refractivity contribution < 1.29 is 4.39 Å². The molecule has 0 saturated carbocycles. The monoisotopic (exact) mass is 238 g/mol. The molecule has 1 N–H and O–H groups in total. The highest BCUT2D eigenvalue weighted by Crippen LogP contribution is 2.23. The number of halogens is 1. The first-order valence-corrected chi connectivity index (χ1v) is 6.14. The van der Waals surface area contributed by atoms with Crippen LogP contribution in [0.5, 0.6) is 0 Å². The Hall–Kier alpha value is -1.09. The summed E-state index contributed by atoms with van der Waals surface area (Å²) in [5.41, 5.74) is 0.812. The van der Waals surface area contributed by atoms with E-state index in [1.807, 2.05) is 19.2 Å². The van der Waals surface area contributed by atoms with Gasteiger partial charge in [-0.1, -0.05) is 26.0 Å². The molecule has 1 aromatic carbocycles. The minimum Gasteiger partial charge on any atom is -0.369 e. The van der Waals surface area contributed by atoms with Crippen molar-refractivity contribution in [1.82, 2.24) is 5.32 Å². The molecule has 0 aliphatic rings. The van der Waals surface area contributed by atoms with Crippen molar-refractivity contribution in [3.05, 3.63) is 30.1 Å². The van der Waals surface area contributed by atoms with Crippen LogP contribution in [0.1, 0.15) is 20.8 Å². The molecule has 96 valence electrons. The van der Waals surface area contributed by atoms with Crippen LogP contribution in [0.3, 0.4) is 0 Å². The van der Waals surface area contributed by atoms with Crippen molar-refractivity contribution in [2.45, 2.75) is 20.8 Å². The van der Waals surface area contributed by atoms with Gasteiger partial charge in [-0.2, -0.15) is 0 Å². The average molecular weight is 238 g/mol. The Balaban J connectivity index is 2.83. The summed E-state index contributed by atoms with van der Waals surface area (Å²) in [7, 11) is 1.95. The third-order valence-corrected chi connectivity index (χ3v) is 2.85. The molecule has 0 saturated heterocycles. The van der Waals surface area contributed by atoms with E-state index in [0.29, 0.717) is 5.69 Å². The molecular formula is C14H23FN2. The Kier molecular flexibility index (Phi) is 4.94. The molecule has 0 aliphatic heterocycles. The van der Waals surface area contributed by atoms with E-state index in [1.54, 1.807) is 6.07 Å². The van der Waals surface area contributed by atoms with Gasteiger partial charge in [0.1, 0.15) is 5.82 Å². The lowest BCUT2D eigenvalue weighted by Gasteiger charge is -2.33. The van der Waals surface area contributed by atoms with Crippen LogP contribution in [0.4, 0.5) is 10.1 Å². The van der Waals surface area contributed by atoms with Gasteiger partial charge in [0.2, 0.25) is 0 Å². The summed E-state index contributed by atoms with van der Waals surface area (Å²) < 4.78 is 13.7. The van der Waals surface area contributed by atoms with Crippen LogP contribution >= 0.6 is 0 Å². The first-order chi connectivity index (χ1) is 8.00. The van der Waals surface area contributed by atoms with Crippen molar-refractivity contribution in [1.29, 1.82) is 0 Å². The minimum absolute atomic E-state index is 0.118. The number of nitrogens with zero attached hydrogens (tertiary/aromatic N) is 1. The highest BCUT2D eigenvalue weighted by atomic mass is 19.1. The molecule has 1 aromatic rings. The maximum Gasteiger partial charge on any atom is 0.146 e. The highest BCUT2D eigenvalue weighted by Gasteiger charge is 2.21. The molecule has 0 spiro atoms. The molecule has 0 atom stereocenters. The SMILES string of the molecule is CCN(CC(C)(C)CNC)c1ccccc1F. The Labute approximate surface area is 104 Å². The molecular weight excluding hydrogens is 215 g/mol. The minimum atomic E-state index is -0.144. The molecule has 2 nitrogen and oxygen atoms in total. The lowest BCUT2D eigenvalue weighted by atomic mass is 9.92. The van der Waals surface area contributed by atoms with Gasteiger partial charge in [-0.25, -0.2) is 4.39 Å². The fourth-order valence-electron chi connectivity index (χ4n) is 2.13. The van der Waals surface area contributed by atoms with Gasteiger partial charge in [0.25, 0.3) is 0 Å². The third kappa shape index (κ3) is 4.00. The van der Waals surface area contributed by atoms with Crippen molar-refractivity contribution in [3.63, 3.8) is 0 Å². The van der Waals surface area contributed by atoms with Gasteiger partial charge in [-0.15, -0.1) is 0 Å². The number of hydrogen-bond acceptors (Lipinski definition) is 2. The smallest absolute Gasteiger partial charge is 0.146 e. The molecule has 3 heteroatoms. The van der Waals surface area contributed by atoms with Gasteiger partial charge in [-0.05, 0) is 31.5 Å². The Morgan fingerprint density at radius 1 is 1.29 bits per heavy atom. The Morgan fingerprint density at radius 2 is 1.94 bits per heavy atom. The second kappa shape index (κ2) is 6.01. The van der Waals surface area contributed by atoms with Gasteiger partial charge in [0, 0.05) is 19.6 Å². The molecule has 0 radical (unpaired) electrons. The molecule has 0 unspecified atom stereocenters. The van der Waals surface area contributed by atoms with Gasteiger partial charge < -0.3 is 10.2 Å². The van der Waals surface area contributed by atoms with Crippen LogP contribution in [0, 0.1) is 11.2 Å². The van der Waals surface area contributed by atoms with E-state index in [2.05, 4.69) is 31.0 Å². The summed E-state index contributed by atoms with van der Waals surface area (Å²) in [6.07, 6.45) is 0. The Morgan fingerprint density at radius 3 is 2.47 bits per heavy atom. The van der Waals surface area contributed by atoms with Crippen molar-refractivity contribution in [2.24, 2.45) is 5.41 Å². The topological polar surface area (TPSA) is 15.3 Å². The van der Waals surface area contributed by atoms with Gasteiger partial charge in [-0.3, -0.25) is 0 Å². The zero-order valence-electron chi connectivity index (χ0n) is 11.3. The van der Waals surface area contributed by atoms with E-state index in [0.717, 1.165) is 19.6 Å². The normalized spacial score (nSPS) is 11.6. The maximum atomic E-state index is 13.7. The van der Waals surface area contributed by atoms with E-state index in [1.165, 1.54) is 6.07 Å². The van der Waals surface area contributed by atoms with Gasteiger partial charge in [0.05, 0.1) is 5.69 Å². The van der Waals surface area contributed by atoms with Crippen LogP contribution < -0.4 is 10.2 Å². The largest absolute Gasteiger partial charge is 0.369 e. The van der Waals surface area contributed by atoms with Crippen LogP contribution in [0.2, 0.25) is 0 Å². The highest BCUT2D eigenvalue weighted by molar-refractivity contribution is 5.47. The number of nitrogens with one attached hydrogen (secondary N) is 1.